The van der Waals surface area contributed by atoms with Crippen LogP contribution in [0.5, 0.6) is 0 Å². The van der Waals surface area contributed by atoms with Gasteiger partial charge < -0.3 is 0 Å². The Morgan fingerprint density at radius 1 is 2.00 bits per heavy atom. The van der Waals surface area contributed by atoms with E-state index in [0.717, 1.165) is 0 Å². The van der Waals surface area contributed by atoms with E-state index in [-0.39, 0.29) is 5.00 Å². The van der Waals surface area contributed by atoms with E-state index < -0.39 is 0 Å². The molecule has 24 valence electrons. The molecule has 0 nitrogen and oxygen atoms in total. The van der Waals surface area contributed by atoms with Crippen LogP contribution in [0.4, 0.5) is 0 Å². The first-order valence-electron chi connectivity index (χ1n) is 1.13. The molecule has 0 fully saturated rings. The minimum atomic E-state index is 0.222. The van der Waals surface area contributed by atoms with Gasteiger partial charge in [0.25, 0.3) is 0 Å². The molecule has 0 heterocycles. The first kappa shape index (κ1) is 4.51. The predicted octanol–water partition coefficient (Wildman–Crippen LogP) is 0.472. The van der Waals surface area contributed by atoms with E-state index in [1.54, 1.807) is 0 Å². The van der Waals surface area contributed by atoms with Crippen molar-refractivity contribution in [1.82, 2.24) is 0 Å². The molecule has 0 aromatic heterocycles. The molecule has 0 aliphatic rings. The van der Waals surface area contributed by atoms with E-state index in [2.05, 4.69) is 10.2 Å². The van der Waals surface area contributed by atoms with Crippen LogP contribution in [0.1, 0.15) is 6.92 Å². The Bertz CT molecular complexity index is 10.8. The molecular weight excluding hydrogens is 87.6 g/mol. The molecule has 1 unspecified atom stereocenters. The van der Waals surface area contributed by atoms with Crippen molar-refractivity contribution in [2.75, 3.05) is 0 Å². The predicted molar refractivity (Wildman–Crippen MR) is 22.5 cm³/mol. The van der Waals surface area contributed by atoms with Crippen molar-refractivity contribution in [2.45, 2.75) is 11.9 Å². The monoisotopic (exact) mass is 92.0 g/mol. The van der Waals surface area contributed by atoms with Crippen LogP contribution in [0, 0.1) is 0 Å². The second-order valence-electron chi connectivity index (χ2n) is 0.678. The largest absolute Gasteiger partial charge is 0.128 e. The maximum absolute atomic E-state index is 5.24. The van der Waals surface area contributed by atoms with Crippen LogP contribution >= 0.6 is 11.6 Å². The highest BCUT2D eigenvalue weighted by Gasteiger charge is 1.72. The second-order valence-corrected chi connectivity index (χ2v) is 2.79. The number of rotatable bonds is 0. The average Bonchev–Trinajstić information content (AvgIpc) is 0.811. The fourth-order valence-corrected chi connectivity index (χ4v) is 0. The molecule has 0 saturated heterocycles. The lowest BCUT2D eigenvalue weighted by molar-refractivity contribution is 1.38. The summed E-state index contributed by atoms with van der Waals surface area (Å²) in [4.78, 5) is 0. The molecule has 0 amide bonds. The summed E-state index contributed by atoms with van der Waals surface area (Å²) in [6.07, 6.45) is 0. The molecule has 0 aromatic carbocycles. The zero-order chi connectivity index (χ0) is 3.58. The van der Waals surface area contributed by atoms with Crippen LogP contribution in [0.2, 0.25) is 0 Å². The van der Waals surface area contributed by atoms with E-state index in [1.165, 1.54) is 0 Å². The Kier molecular flexibility index (Phi) is 2.02. The standard InChI is InChI=1S/C2H5ClSi/c1-2(3)4/h2,4H,1H3. The molecule has 0 N–H and O–H groups in total. The third-order valence-corrected chi connectivity index (χ3v) is 0. The first-order chi connectivity index (χ1) is 1.73. The molecule has 2 heteroatoms. The fourth-order valence-electron chi connectivity index (χ4n) is 0. The lowest BCUT2D eigenvalue weighted by Gasteiger charge is -1.75. The van der Waals surface area contributed by atoms with Gasteiger partial charge in [-0.05, 0) is 0 Å². The number of alkyl halides is 1. The van der Waals surface area contributed by atoms with Gasteiger partial charge >= 0.3 is 0 Å². The number of hydrogen-bond donors (Lipinski definition) is 0. The highest BCUT2D eigenvalue weighted by molar-refractivity contribution is 6.40. The van der Waals surface area contributed by atoms with Crippen molar-refractivity contribution in [2.24, 2.45) is 0 Å². The quantitative estimate of drug-likeness (QED) is 0.301. The Hall–Kier alpha value is 0.507. The molecular formula is C2H5ClSi. The topological polar surface area (TPSA) is 0 Å². The van der Waals surface area contributed by atoms with Crippen molar-refractivity contribution >= 4 is 21.8 Å². The lowest BCUT2D eigenvalue weighted by atomic mass is 11.0. The molecule has 0 aliphatic heterocycles. The molecule has 0 bridgehead atoms. The summed E-state index contributed by atoms with van der Waals surface area (Å²) in [5, 5.41) is 0.222. The van der Waals surface area contributed by atoms with Crippen LogP contribution in [0.25, 0.3) is 0 Å². The highest BCUT2D eigenvalue weighted by Crippen LogP contribution is 1.78. The van der Waals surface area contributed by atoms with Crippen molar-refractivity contribution in [3.05, 3.63) is 0 Å². The normalized spacial score (nSPS) is 15.8. The minimum absolute atomic E-state index is 0.222. The Labute approximate surface area is 34.6 Å². The Morgan fingerprint density at radius 2 is 2.00 bits per heavy atom. The van der Waals surface area contributed by atoms with Crippen LogP contribution in [0.15, 0.2) is 0 Å². The van der Waals surface area contributed by atoms with Gasteiger partial charge in [-0.15, -0.1) is 11.6 Å². The van der Waals surface area contributed by atoms with Crippen molar-refractivity contribution in [3.8, 4) is 0 Å². The van der Waals surface area contributed by atoms with Gasteiger partial charge in [-0.2, -0.15) is 0 Å². The van der Waals surface area contributed by atoms with Gasteiger partial charge in [0, 0.05) is 15.2 Å². The van der Waals surface area contributed by atoms with Gasteiger partial charge in [0.2, 0.25) is 0 Å². The van der Waals surface area contributed by atoms with Crippen molar-refractivity contribution in [3.63, 3.8) is 0 Å². The third-order valence-electron chi connectivity index (χ3n) is 0. The Morgan fingerprint density at radius 3 is 2.00 bits per heavy atom. The van der Waals surface area contributed by atoms with Gasteiger partial charge in [-0.1, -0.05) is 6.92 Å². The molecule has 0 saturated carbocycles. The summed E-state index contributed by atoms with van der Waals surface area (Å²) < 4.78 is 0. The highest BCUT2D eigenvalue weighted by atomic mass is 35.5. The molecule has 0 aromatic rings. The lowest BCUT2D eigenvalue weighted by Crippen LogP contribution is -1.81. The van der Waals surface area contributed by atoms with Crippen LogP contribution in [0.3, 0.4) is 0 Å². The van der Waals surface area contributed by atoms with Gasteiger partial charge in [-0.25, -0.2) is 0 Å². The zero-order valence-corrected chi connectivity index (χ0v) is 4.44. The average molecular weight is 92.6 g/mol. The molecule has 0 spiro atoms. The van der Waals surface area contributed by atoms with E-state index >= 15 is 0 Å². The van der Waals surface area contributed by atoms with E-state index in [1.807, 2.05) is 6.92 Å². The molecule has 2 radical (unpaired) electrons. The SMILES string of the molecule is CC([SiH])Cl. The second kappa shape index (κ2) is 1.79. The first-order valence-corrected chi connectivity index (χ1v) is 2.23. The summed E-state index contributed by atoms with van der Waals surface area (Å²) >= 11 is 5.24. The summed E-state index contributed by atoms with van der Waals surface area (Å²) in [5.41, 5.74) is 0. The van der Waals surface area contributed by atoms with Crippen molar-refractivity contribution in [1.29, 1.82) is 0 Å². The fraction of sp³-hybridized carbons (Fsp3) is 1.00. The summed E-state index contributed by atoms with van der Waals surface area (Å²) in [6, 6.07) is 0. The number of halogens is 1. The molecule has 4 heavy (non-hydrogen) atoms. The maximum atomic E-state index is 5.24. The molecule has 0 rings (SSSR count). The van der Waals surface area contributed by atoms with Crippen LogP contribution in [-0.4, -0.2) is 15.2 Å². The van der Waals surface area contributed by atoms with E-state index in [4.69, 9.17) is 11.6 Å². The van der Waals surface area contributed by atoms with Gasteiger partial charge in [0.15, 0.2) is 0 Å². The Balaban J connectivity index is 2.32. The van der Waals surface area contributed by atoms with Gasteiger partial charge in [0.1, 0.15) is 0 Å². The van der Waals surface area contributed by atoms with E-state index in [0.29, 0.717) is 0 Å². The van der Waals surface area contributed by atoms with Crippen LogP contribution < -0.4 is 0 Å². The zero-order valence-electron chi connectivity index (χ0n) is 2.53. The minimum Gasteiger partial charge on any atom is -0.128 e. The number of hydrogen-bond acceptors (Lipinski definition) is 0. The van der Waals surface area contributed by atoms with E-state index in [9.17, 15) is 0 Å². The molecule has 0 aliphatic carbocycles. The van der Waals surface area contributed by atoms with Gasteiger partial charge in [0.05, 0.1) is 0 Å². The summed E-state index contributed by atoms with van der Waals surface area (Å²) in [7, 11) is 2.42. The van der Waals surface area contributed by atoms with Crippen LogP contribution in [-0.2, 0) is 0 Å². The summed E-state index contributed by atoms with van der Waals surface area (Å²) in [6.45, 7) is 1.90. The maximum Gasteiger partial charge on any atom is 0.0392 e. The molecule has 1 atom stereocenters. The third kappa shape index (κ3) is 22.2. The smallest absolute Gasteiger partial charge is 0.0392 e. The van der Waals surface area contributed by atoms with Gasteiger partial charge in [-0.3, -0.25) is 0 Å². The van der Waals surface area contributed by atoms with Crippen molar-refractivity contribution < 1.29 is 0 Å². The summed E-state index contributed by atoms with van der Waals surface area (Å²) in [5.74, 6) is 0.